The van der Waals surface area contributed by atoms with E-state index in [0.717, 1.165) is 14.5 Å². The zero-order chi connectivity index (χ0) is 15.5. The molecule has 2 aromatic carbocycles. The van der Waals surface area contributed by atoms with Crippen LogP contribution in [-0.4, -0.2) is 18.8 Å². The van der Waals surface area contributed by atoms with Gasteiger partial charge in [-0.05, 0) is 56.5 Å². The predicted molar refractivity (Wildman–Crippen MR) is 89.9 cm³/mol. The van der Waals surface area contributed by atoms with Crippen LogP contribution in [0.4, 0.5) is 0 Å². The normalized spacial score (nSPS) is 13.6. The summed E-state index contributed by atoms with van der Waals surface area (Å²) in [6.45, 7) is 1.88. The van der Waals surface area contributed by atoms with Crippen molar-refractivity contribution in [3.8, 4) is 11.5 Å². The van der Waals surface area contributed by atoms with E-state index in [0.29, 0.717) is 11.5 Å². The van der Waals surface area contributed by atoms with Crippen LogP contribution in [0.3, 0.4) is 0 Å². The molecule has 0 bridgehead atoms. The zero-order valence-electron chi connectivity index (χ0n) is 11.8. The molecule has 0 saturated carbocycles. The molecular formula is C16H16Br2O3. The van der Waals surface area contributed by atoms with Crippen molar-refractivity contribution in [2.75, 3.05) is 13.7 Å². The highest BCUT2D eigenvalue weighted by Crippen LogP contribution is 2.36. The molecule has 1 atom stereocenters. The maximum absolute atomic E-state index is 10.5. The fraction of sp³-hybridized carbons (Fsp3) is 0.250. The second-order valence-electron chi connectivity index (χ2n) is 4.85. The number of rotatable bonds is 5. The minimum Gasteiger partial charge on any atom is -0.496 e. The summed E-state index contributed by atoms with van der Waals surface area (Å²) < 4.78 is 12.5. The molecule has 0 aliphatic heterocycles. The van der Waals surface area contributed by atoms with Crippen LogP contribution >= 0.6 is 31.9 Å². The first-order valence-corrected chi connectivity index (χ1v) is 7.96. The van der Waals surface area contributed by atoms with Gasteiger partial charge in [-0.15, -0.1) is 0 Å². The van der Waals surface area contributed by atoms with Gasteiger partial charge in [0.1, 0.15) is 23.7 Å². The predicted octanol–water partition coefficient (Wildman–Crippen LogP) is 4.51. The average Bonchev–Trinajstić information content (AvgIpc) is 2.48. The molecule has 0 saturated heterocycles. The Morgan fingerprint density at radius 2 is 1.62 bits per heavy atom. The van der Waals surface area contributed by atoms with Gasteiger partial charge in [-0.25, -0.2) is 0 Å². The summed E-state index contributed by atoms with van der Waals surface area (Å²) in [7, 11) is 1.60. The molecule has 0 fully saturated rings. The lowest BCUT2D eigenvalue weighted by Gasteiger charge is -2.24. The van der Waals surface area contributed by atoms with E-state index in [4.69, 9.17) is 9.47 Å². The summed E-state index contributed by atoms with van der Waals surface area (Å²) >= 11 is 6.86. The van der Waals surface area contributed by atoms with E-state index < -0.39 is 5.60 Å². The van der Waals surface area contributed by atoms with E-state index in [2.05, 4.69) is 31.9 Å². The molecule has 0 radical (unpaired) electrons. The van der Waals surface area contributed by atoms with Gasteiger partial charge in [-0.3, -0.25) is 0 Å². The lowest BCUT2D eigenvalue weighted by molar-refractivity contribution is 0.00732. The van der Waals surface area contributed by atoms with Crippen molar-refractivity contribution in [2.45, 2.75) is 12.5 Å². The Kier molecular flexibility index (Phi) is 5.30. The maximum atomic E-state index is 10.5. The molecule has 0 aliphatic carbocycles. The summed E-state index contributed by atoms with van der Waals surface area (Å²) in [6, 6.07) is 13.1. The number of hydrogen-bond donors (Lipinski definition) is 1. The summed E-state index contributed by atoms with van der Waals surface area (Å²) in [5.41, 5.74) is -0.249. The number of benzene rings is 2. The Bertz CT molecular complexity index is 612. The van der Waals surface area contributed by atoms with Crippen molar-refractivity contribution in [3.63, 3.8) is 0 Å². The fourth-order valence-electron chi connectivity index (χ4n) is 1.88. The van der Waals surface area contributed by atoms with Gasteiger partial charge < -0.3 is 14.6 Å². The molecule has 0 aliphatic rings. The Hall–Kier alpha value is -1.04. The quantitative estimate of drug-likeness (QED) is 0.780. The Balaban J connectivity index is 2.15. The van der Waals surface area contributed by atoms with Gasteiger partial charge in [0, 0.05) is 0 Å². The summed E-state index contributed by atoms with van der Waals surface area (Å²) in [4.78, 5) is 0. The Morgan fingerprint density at radius 3 is 2.24 bits per heavy atom. The standard InChI is InChI=1S/C16H16Br2O3/c1-16(19,11-6-4-3-5-7-11)10-21-15-9-12(17)14(20-2)8-13(15)18/h3-9,19H,10H2,1-2H3. The van der Waals surface area contributed by atoms with E-state index in [-0.39, 0.29) is 6.61 Å². The summed E-state index contributed by atoms with van der Waals surface area (Å²) in [6.07, 6.45) is 0. The first-order valence-electron chi connectivity index (χ1n) is 6.38. The third-order valence-corrected chi connectivity index (χ3v) is 4.35. The number of halogens is 2. The highest BCUT2D eigenvalue weighted by atomic mass is 79.9. The lowest BCUT2D eigenvalue weighted by atomic mass is 9.97. The first kappa shape index (κ1) is 16.3. The van der Waals surface area contributed by atoms with Gasteiger partial charge in [0.2, 0.25) is 0 Å². The van der Waals surface area contributed by atoms with E-state index in [1.54, 1.807) is 14.0 Å². The molecule has 3 nitrogen and oxygen atoms in total. The van der Waals surface area contributed by atoms with Crippen molar-refractivity contribution in [2.24, 2.45) is 0 Å². The minimum absolute atomic E-state index is 0.147. The lowest BCUT2D eigenvalue weighted by Crippen LogP contribution is -2.29. The molecule has 112 valence electrons. The fourth-order valence-corrected chi connectivity index (χ4v) is 2.80. The van der Waals surface area contributed by atoms with Gasteiger partial charge in [0.05, 0.1) is 16.1 Å². The Morgan fingerprint density at radius 1 is 1.05 bits per heavy atom. The van der Waals surface area contributed by atoms with Crippen LogP contribution in [0, 0.1) is 0 Å². The molecule has 0 amide bonds. The second-order valence-corrected chi connectivity index (χ2v) is 6.55. The van der Waals surface area contributed by atoms with E-state index >= 15 is 0 Å². The highest BCUT2D eigenvalue weighted by molar-refractivity contribution is 9.11. The van der Waals surface area contributed by atoms with Crippen molar-refractivity contribution >= 4 is 31.9 Å². The van der Waals surface area contributed by atoms with Crippen LogP contribution in [0.15, 0.2) is 51.4 Å². The number of hydrogen-bond acceptors (Lipinski definition) is 3. The van der Waals surface area contributed by atoms with Gasteiger partial charge >= 0.3 is 0 Å². The van der Waals surface area contributed by atoms with Gasteiger partial charge in [0.25, 0.3) is 0 Å². The molecule has 21 heavy (non-hydrogen) atoms. The maximum Gasteiger partial charge on any atom is 0.135 e. The van der Waals surface area contributed by atoms with Crippen LogP contribution < -0.4 is 9.47 Å². The molecule has 2 rings (SSSR count). The molecule has 2 aromatic rings. The second kappa shape index (κ2) is 6.81. The minimum atomic E-state index is -1.06. The molecule has 0 heterocycles. The SMILES string of the molecule is COc1cc(Br)c(OCC(C)(O)c2ccccc2)cc1Br. The molecule has 0 aromatic heterocycles. The van der Waals surface area contributed by atoms with E-state index in [1.807, 2.05) is 42.5 Å². The van der Waals surface area contributed by atoms with Crippen LogP contribution in [0.1, 0.15) is 12.5 Å². The van der Waals surface area contributed by atoms with Crippen LogP contribution in [0.2, 0.25) is 0 Å². The molecule has 1 unspecified atom stereocenters. The van der Waals surface area contributed by atoms with Crippen LogP contribution in [0.5, 0.6) is 11.5 Å². The van der Waals surface area contributed by atoms with Gasteiger partial charge in [0.15, 0.2) is 0 Å². The molecule has 1 N–H and O–H groups in total. The number of ether oxygens (including phenoxy) is 2. The molecular weight excluding hydrogens is 400 g/mol. The van der Waals surface area contributed by atoms with Gasteiger partial charge in [-0.2, -0.15) is 0 Å². The molecule has 5 heteroatoms. The number of methoxy groups -OCH3 is 1. The van der Waals surface area contributed by atoms with Crippen LogP contribution in [0.25, 0.3) is 0 Å². The van der Waals surface area contributed by atoms with Crippen molar-refractivity contribution in [1.29, 1.82) is 0 Å². The summed E-state index contributed by atoms with van der Waals surface area (Å²) in [5.74, 6) is 1.35. The highest BCUT2D eigenvalue weighted by Gasteiger charge is 2.24. The first-order chi connectivity index (χ1) is 9.94. The van der Waals surface area contributed by atoms with Crippen molar-refractivity contribution in [1.82, 2.24) is 0 Å². The Labute approximate surface area is 141 Å². The zero-order valence-corrected chi connectivity index (χ0v) is 14.9. The third-order valence-electron chi connectivity index (χ3n) is 3.11. The number of aliphatic hydroxyl groups is 1. The van der Waals surface area contributed by atoms with Crippen LogP contribution in [-0.2, 0) is 5.60 Å². The largest absolute Gasteiger partial charge is 0.496 e. The summed E-state index contributed by atoms with van der Waals surface area (Å²) in [5, 5.41) is 10.5. The van der Waals surface area contributed by atoms with Crippen molar-refractivity contribution in [3.05, 3.63) is 57.0 Å². The monoisotopic (exact) mass is 414 g/mol. The van der Waals surface area contributed by atoms with Crippen molar-refractivity contribution < 1.29 is 14.6 Å². The van der Waals surface area contributed by atoms with E-state index in [9.17, 15) is 5.11 Å². The average molecular weight is 416 g/mol. The van der Waals surface area contributed by atoms with E-state index in [1.165, 1.54) is 0 Å². The molecule has 0 spiro atoms. The topological polar surface area (TPSA) is 38.7 Å². The van der Waals surface area contributed by atoms with Gasteiger partial charge in [-0.1, -0.05) is 30.3 Å². The smallest absolute Gasteiger partial charge is 0.135 e. The third kappa shape index (κ3) is 3.99.